The first-order chi connectivity index (χ1) is 13.2. The number of furan rings is 1. The predicted molar refractivity (Wildman–Crippen MR) is 104 cm³/mol. The molecule has 1 N–H and O–H groups in total. The van der Waals surface area contributed by atoms with Gasteiger partial charge in [0.25, 0.3) is 0 Å². The van der Waals surface area contributed by atoms with Crippen LogP contribution in [-0.4, -0.2) is 5.78 Å². The molecule has 3 aromatic carbocycles. The Balaban J connectivity index is 1.79. The summed E-state index contributed by atoms with van der Waals surface area (Å²) in [6.45, 7) is 0. The number of carbonyl (C=O) groups excluding carboxylic acids is 1. The first kappa shape index (κ1) is 16.8. The van der Waals surface area contributed by atoms with E-state index in [0.717, 1.165) is 5.69 Å². The highest BCUT2D eigenvalue weighted by Gasteiger charge is 2.20. The monoisotopic (exact) mass is 357 g/mol. The third-order valence-corrected chi connectivity index (χ3v) is 4.15. The van der Waals surface area contributed by atoms with Crippen molar-refractivity contribution in [2.45, 2.75) is 0 Å². The highest BCUT2D eigenvalue weighted by Crippen LogP contribution is 2.33. The van der Waals surface area contributed by atoms with Gasteiger partial charge in [-0.1, -0.05) is 60.7 Å². The number of halogens is 1. The zero-order valence-corrected chi connectivity index (χ0v) is 14.4. The van der Waals surface area contributed by atoms with Gasteiger partial charge in [0.2, 0.25) is 5.88 Å². The first-order valence-electron chi connectivity index (χ1n) is 8.52. The lowest BCUT2D eigenvalue weighted by Crippen LogP contribution is -2.02. The summed E-state index contributed by atoms with van der Waals surface area (Å²) in [5.41, 5.74) is 2.31. The highest BCUT2D eigenvalue weighted by atomic mass is 19.1. The molecule has 0 aliphatic rings. The lowest BCUT2D eigenvalue weighted by Gasteiger charge is -2.05. The smallest absolute Gasteiger partial charge is 0.209 e. The van der Waals surface area contributed by atoms with Gasteiger partial charge < -0.3 is 9.73 Å². The fourth-order valence-electron chi connectivity index (χ4n) is 2.83. The van der Waals surface area contributed by atoms with Crippen LogP contribution < -0.4 is 5.32 Å². The van der Waals surface area contributed by atoms with E-state index in [1.54, 1.807) is 30.3 Å². The van der Waals surface area contributed by atoms with Crippen molar-refractivity contribution in [3.05, 3.63) is 108 Å². The van der Waals surface area contributed by atoms with Crippen LogP contribution in [0, 0.1) is 5.82 Å². The lowest BCUT2D eigenvalue weighted by molar-refractivity contribution is 0.103. The molecule has 0 saturated heterocycles. The SMILES string of the molecule is O=C(c1ccccc1)c1cc(-c2cccc(F)c2)oc1Nc1ccccc1. The van der Waals surface area contributed by atoms with Gasteiger partial charge in [0.1, 0.15) is 11.6 Å². The summed E-state index contributed by atoms with van der Waals surface area (Å²) in [6, 6.07) is 26.2. The maximum atomic E-state index is 13.6. The summed E-state index contributed by atoms with van der Waals surface area (Å²) >= 11 is 0. The second-order valence-electron chi connectivity index (χ2n) is 6.05. The van der Waals surface area contributed by atoms with Crippen molar-refractivity contribution in [3.8, 4) is 11.3 Å². The molecule has 132 valence electrons. The molecule has 0 atom stereocenters. The zero-order valence-electron chi connectivity index (χ0n) is 14.4. The van der Waals surface area contributed by atoms with Gasteiger partial charge in [-0.05, 0) is 30.3 Å². The number of benzene rings is 3. The van der Waals surface area contributed by atoms with Crippen LogP contribution in [0.25, 0.3) is 11.3 Å². The molecule has 4 rings (SSSR count). The van der Waals surface area contributed by atoms with Crippen LogP contribution >= 0.6 is 0 Å². The van der Waals surface area contributed by atoms with Crippen LogP contribution in [0.4, 0.5) is 16.0 Å². The summed E-state index contributed by atoms with van der Waals surface area (Å²) in [5, 5.41) is 3.15. The van der Waals surface area contributed by atoms with E-state index in [2.05, 4.69) is 5.32 Å². The van der Waals surface area contributed by atoms with Gasteiger partial charge in [0, 0.05) is 16.8 Å². The molecule has 1 heterocycles. The second kappa shape index (κ2) is 7.30. The Bertz CT molecular complexity index is 1070. The van der Waals surface area contributed by atoms with E-state index in [9.17, 15) is 9.18 Å². The Morgan fingerprint density at radius 1 is 0.815 bits per heavy atom. The minimum atomic E-state index is -0.364. The van der Waals surface area contributed by atoms with Crippen LogP contribution in [0.5, 0.6) is 0 Å². The van der Waals surface area contributed by atoms with Gasteiger partial charge in [-0.15, -0.1) is 0 Å². The molecule has 0 saturated carbocycles. The third kappa shape index (κ3) is 3.65. The number of para-hydroxylation sites is 1. The molecule has 27 heavy (non-hydrogen) atoms. The molecule has 3 nitrogen and oxygen atoms in total. The number of carbonyl (C=O) groups is 1. The molecule has 0 unspecified atom stereocenters. The van der Waals surface area contributed by atoms with Gasteiger partial charge in [0.05, 0.1) is 5.56 Å². The van der Waals surface area contributed by atoms with E-state index >= 15 is 0 Å². The Morgan fingerprint density at radius 2 is 1.52 bits per heavy atom. The third-order valence-electron chi connectivity index (χ3n) is 4.15. The van der Waals surface area contributed by atoms with E-state index in [-0.39, 0.29) is 11.6 Å². The Morgan fingerprint density at radius 3 is 2.22 bits per heavy atom. The van der Waals surface area contributed by atoms with Crippen molar-refractivity contribution in [3.63, 3.8) is 0 Å². The van der Waals surface area contributed by atoms with Crippen LogP contribution in [0.2, 0.25) is 0 Å². The summed E-state index contributed by atoms with van der Waals surface area (Å²) in [7, 11) is 0. The maximum absolute atomic E-state index is 13.6. The molecular weight excluding hydrogens is 341 g/mol. The molecule has 1 aromatic heterocycles. The van der Waals surface area contributed by atoms with Crippen LogP contribution in [0.3, 0.4) is 0 Å². The number of anilines is 2. The summed E-state index contributed by atoms with van der Waals surface area (Å²) < 4.78 is 19.5. The average Bonchev–Trinajstić information content (AvgIpc) is 3.13. The average molecular weight is 357 g/mol. The maximum Gasteiger partial charge on any atom is 0.209 e. The Labute approximate surface area is 156 Å². The van der Waals surface area contributed by atoms with Crippen molar-refractivity contribution in [2.75, 3.05) is 5.32 Å². The van der Waals surface area contributed by atoms with Gasteiger partial charge in [-0.25, -0.2) is 4.39 Å². The van der Waals surface area contributed by atoms with Crippen molar-refractivity contribution >= 4 is 17.4 Å². The summed E-state index contributed by atoms with van der Waals surface area (Å²) in [4.78, 5) is 13.0. The summed E-state index contributed by atoms with van der Waals surface area (Å²) in [6.07, 6.45) is 0. The van der Waals surface area contributed by atoms with E-state index < -0.39 is 0 Å². The highest BCUT2D eigenvalue weighted by molar-refractivity contribution is 6.12. The quantitative estimate of drug-likeness (QED) is 0.441. The molecule has 0 bridgehead atoms. The largest absolute Gasteiger partial charge is 0.440 e. The zero-order chi connectivity index (χ0) is 18.6. The van der Waals surface area contributed by atoms with E-state index in [1.165, 1.54) is 12.1 Å². The van der Waals surface area contributed by atoms with Gasteiger partial charge in [0.15, 0.2) is 5.78 Å². The molecule has 4 aromatic rings. The van der Waals surface area contributed by atoms with E-state index in [1.807, 2.05) is 48.5 Å². The second-order valence-corrected chi connectivity index (χ2v) is 6.05. The van der Waals surface area contributed by atoms with Gasteiger partial charge in [-0.3, -0.25) is 4.79 Å². The number of hydrogen-bond donors (Lipinski definition) is 1. The molecule has 0 aliphatic carbocycles. The molecular formula is C23H16FNO2. The Kier molecular flexibility index (Phi) is 4.54. The fraction of sp³-hybridized carbons (Fsp3) is 0. The molecule has 0 radical (unpaired) electrons. The lowest BCUT2D eigenvalue weighted by atomic mass is 10.0. The van der Waals surface area contributed by atoms with Crippen LogP contribution in [-0.2, 0) is 0 Å². The number of ketones is 1. The standard InChI is InChI=1S/C23H16FNO2/c24-18-11-7-10-17(14-18)21-15-20(22(26)16-8-3-1-4-9-16)23(27-21)25-19-12-5-2-6-13-19/h1-15,25H. The van der Waals surface area contributed by atoms with Crippen molar-refractivity contribution in [1.29, 1.82) is 0 Å². The van der Waals surface area contributed by atoms with Gasteiger partial charge in [-0.2, -0.15) is 0 Å². The number of hydrogen-bond acceptors (Lipinski definition) is 3. The first-order valence-corrected chi connectivity index (χ1v) is 8.52. The number of nitrogens with one attached hydrogen (secondary N) is 1. The fourth-order valence-corrected chi connectivity index (χ4v) is 2.83. The van der Waals surface area contributed by atoms with E-state index in [4.69, 9.17) is 4.42 Å². The molecule has 0 aliphatic heterocycles. The molecule has 0 spiro atoms. The van der Waals surface area contributed by atoms with Crippen LogP contribution in [0.15, 0.2) is 95.4 Å². The molecule has 4 heteroatoms. The Hall–Kier alpha value is -3.66. The van der Waals surface area contributed by atoms with Crippen molar-refractivity contribution < 1.29 is 13.6 Å². The minimum absolute atomic E-state index is 0.166. The number of rotatable bonds is 5. The molecule has 0 fully saturated rings. The van der Waals surface area contributed by atoms with Gasteiger partial charge >= 0.3 is 0 Å². The van der Waals surface area contributed by atoms with E-state index in [0.29, 0.717) is 28.3 Å². The normalized spacial score (nSPS) is 10.6. The predicted octanol–water partition coefficient (Wildman–Crippen LogP) is 6.06. The topological polar surface area (TPSA) is 42.2 Å². The van der Waals surface area contributed by atoms with Crippen molar-refractivity contribution in [2.24, 2.45) is 0 Å². The summed E-state index contributed by atoms with van der Waals surface area (Å²) in [5.74, 6) is 0.222. The van der Waals surface area contributed by atoms with Crippen LogP contribution in [0.1, 0.15) is 15.9 Å². The minimum Gasteiger partial charge on any atom is -0.440 e. The van der Waals surface area contributed by atoms with Crippen molar-refractivity contribution in [1.82, 2.24) is 0 Å². The molecule has 0 amide bonds.